The molecule has 1 saturated heterocycles. The molecule has 3 nitrogen and oxygen atoms in total. The van der Waals surface area contributed by atoms with Crippen LogP contribution in [0.3, 0.4) is 0 Å². The first-order chi connectivity index (χ1) is 9.74. The standard InChI is InChI=1S/C16H22O3S/c1-2-18-15(17)12-16(10-6-7-11-19-16)20-13-14-8-4-3-5-9-14/h3-5,8-9H,2,6-7,10-13H2,1H3. The van der Waals surface area contributed by atoms with Gasteiger partial charge < -0.3 is 9.47 Å². The van der Waals surface area contributed by atoms with E-state index in [2.05, 4.69) is 12.1 Å². The van der Waals surface area contributed by atoms with E-state index in [1.807, 2.05) is 25.1 Å². The number of esters is 1. The van der Waals surface area contributed by atoms with Gasteiger partial charge in [0.2, 0.25) is 0 Å². The van der Waals surface area contributed by atoms with Gasteiger partial charge in [-0.05, 0) is 31.7 Å². The molecular formula is C16H22O3S. The predicted molar refractivity (Wildman–Crippen MR) is 81.5 cm³/mol. The van der Waals surface area contributed by atoms with Crippen molar-refractivity contribution >= 4 is 17.7 Å². The van der Waals surface area contributed by atoms with Crippen molar-refractivity contribution < 1.29 is 14.3 Å². The van der Waals surface area contributed by atoms with Gasteiger partial charge in [0.1, 0.15) is 4.93 Å². The molecule has 0 amide bonds. The normalized spacial score (nSPS) is 22.4. The maximum absolute atomic E-state index is 11.8. The molecule has 0 N–H and O–H groups in total. The Balaban J connectivity index is 1.97. The molecule has 0 bridgehead atoms. The topological polar surface area (TPSA) is 35.5 Å². The summed E-state index contributed by atoms with van der Waals surface area (Å²) >= 11 is 1.73. The fourth-order valence-corrected chi connectivity index (χ4v) is 3.65. The molecule has 0 saturated carbocycles. The van der Waals surface area contributed by atoms with Crippen LogP contribution in [0.15, 0.2) is 30.3 Å². The Kier molecular flexibility index (Phi) is 5.92. The third kappa shape index (κ3) is 4.53. The second-order valence-corrected chi connectivity index (χ2v) is 6.29. The summed E-state index contributed by atoms with van der Waals surface area (Å²) in [5, 5.41) is 0. The summed E-state index contributed by atoms with van der Waals surface area (Å²) in [4.78, 5) is 11.4. The number of hydrogen-bond acceptors (Lipinski definition) is 4. The Labute approximate surface area is 125 Å². The number of ether oxygens (including phenoxy) is 2. The Morgan fingerprint density at radius 3 is 2.80 bits per heavy atom. The van der Waals surface area contributed by atoms with Crippen molar-refractivity contribution in [2.75, 3.05) is 13.2 Å². The number of benzene rings is 1. The van der Waals surface area contributed by atoms with E-state index >= 15 is 0 Å². The Morgan fingerprint density at radius 2 is 2.15 bits per heavy atom. The Morgan fingerprint density at radius 1 is 1.35 bits per heavy atom. The lowest BCUT2D eigenvalue weighted by Gasteiger charge is -2.36. The van der Waals surface area contributed by atoms with Crippen molar-refractivity contribution in [3.05, 3.63) is 35.9 Å². The maximum Gasteiger partial charge on any atom is 0.309 e. The van der Waals surface area contributed by atoms with Crippen LogP contribution < -0.4 is 0 Å². The zero-order valence-corrected chi connectivity index (χ0v) is 12.8. The molecule has 4 heteroatoms. The third-order valence-corrected chi connectivity index (χ3v) is 4.85. The lowest BCUT2D eigenvalue weighted by atomic mass is 10.1. The third-order valence-electron chi connectivity index (χ3n) is 3.38. The first-order valence-corrected chi connectivity index (χ1v) is 8.20. The van der Waals surface area contributed by atoms with Crippen LogP contribution in [0.25, 0.3) is 0 Å². The van der Waals surface area contributed by atoms with Crippen LogP contribution in [0.5, 0.6) is 0 Å². The summed E-state index contributed by atoms with van der Waals surface area (Å²) < 4.78 is 11.1. The minimum absolute atomic E-state index is 0.157. The molecule has 1 aromatic carbocycles. The smallest absolute Gasteiger partial charge is 0.309 e. The average molecular weight is 294 g/mol. The van der Waals surface area contributed by atoms with E-state index < -0.39 is 4.93 Å². The van der Waals surface area contributed by atoms with Gasteiger partial charge in [0.25, 0.3) is 0 Å². The van der Waals surface area contributed by atoms with Gasteiger partial charge in [0.15, 0.2) is 0 Å². The number of rotatable bonds is 6. The molecule has 0 aromatic heterocycles. The molecule has 0 aliphatic carbocycles. The van der Waals surface area contributed by atoms with Gasteiger partial charge in [0.05, 0.1) is 13.0 Å². The minimum atomic E-state index is -0.402. The Bertz CT molecular complexity index is 413. The molecule has 110 valence electrons. The molecular weight excluding hydrogens is 272 g/mol. The molecule has 0 radical (unpaired) electrons. The highest BCUT2D eigenvalue weighted by Gasteiger charge is 2.36. The van der Waals surface area contributed by atoms with Crippen molar-refractivity contribution in [3.8, 4) is 0 Å². The first-order valence-electron chi connectivity index (χ1n) is 7.21. The fourth-order valence-electron chi connectivity index (χ4n) is 2.35. The van der Waals surface area contributed by atoms with Gasteiger partial charge in [-0.15, -0.1) is 11.8 Å². The van der Waals surface area contributed by atoms with E-state index in [4.69, 9.17) is 9.47 Å². The summed E-state index contributed by atoms with van der Waals surface area (Å²) in [5.74, 6) is 0.704. The van der Waals surface area contributed by atoms with Crippen molar-refractivity contribution in [2.45, 2.75) is 43.3 Å². The SMILES string of the molecule is CCOC(=O)CC1(SCc2ccccc2)CCCCO1. The molecule has 1 unspecified atom stereocenters. The van der Waals surface area contributed by atoms with E-state index in [1.54, 1.807) is 11.8 Å². The van der Waals surface area contributed by atoms with E-state index in [-0.39, 0.29) is 5.97 Å². The van der Waals surface area contributed by atoms with Gasteiger partial charge in [-0.25, -0.2) is 0 Å². The number of carbonyl (C=O) groups is 1. The van der Waals surface area contributed by atoms with Crippen LogP contribution in [0.4, 0.5) is 0 Å². The molecule has 1 aliphatic rings. The molecule has 20 heavy (non-hydrogen) atoms. The Hall–Kier alpha value is -1.00. The molecule has 1 aliphatic heterocycles. The summed E-state index contributed by atoms with van der Waals surface area (Å²) in [6.07, 6.45) is 3.46. The maximum atomic E-state index is 11.8. The zero-order chi connectivity index (χ0) is 14.3. The van der Waals surface area contributed by atoms with Gasteiger partial charge in [-0.1, -0.05) is 30.3 Å². The van der Waals surface area contributed by atoms with Crippen molar-refractivity contribution in [2.24, 2.45) is 0 Å². The molecule has 0 spiro atoms. The highest BCUT2D eigenvalue weighted by atomic mass is 32.2. The summed E-state index contributed by atoms with van der Waals surface area (Å²) in [7, 11) is 0. The van der Waals surface area contributed by atoms with Crippen LogP contribution in [-0.2, 0) is 20.0 Å². The van der Waals surface area contributed by atoms with Gasteiger partial charge >= 0.3 is 5.97 Å². The zero-order valence-electron chi connectivity index (χ0n) is 12.0. The molecule has 1 aromatic rings. The lowest BCUT2D eigenvalue weighted by Crippen LogP contribution is -2.36. The number of carbonyl (C=O) groups excluding carboxylic acids is 1. The second kappa shape index (κ2) is 7.70. The van der Waals surface area contributed by atoms with Crippen LogP contribution >= 0.6 is 11.8 Å². The summed E-state index contributed by atoms with van der Waals surface area (Å²) in [5.41, 5.74) is 1.26. The van der Waals surface area contributed by atoms with E-state index in [1.165, 1.54) is 5.56 Å². The van der Waals surface area contributed by atoms with Gasteiger partial charge in [-0.3, -0.25) is 4.79 Å². The number of hydrogen-bond donors (Lipinski definition) is 0. The predicted octanol–water partition coefficient (Wildman–Crippen LogP) is 3.77. The molecule has 1 heterocycles. The average Bonchev–Trinajstić information content (AvgIpc) is 2.47. The first kappa shape index (κ1) is 15.4. The van der Waals surface area contributed by atoms with E-state index in [9.17, 15) is 4.79 Å². The number of thioether (sulfide) groups is 1. The van der Waals surface area contributed by atoms with Gasteiger partial charge in [0, 0.05) is 12.4 Å². The van der Waals surface area contributed by atoms with E-state index in [0.717, 1.165) is 31.6 Å². The minimum Gasteiger partial charge on any atom is -0.466 e. The van der Waals surface area contributed by atoms with Crippen LogP contribution in [-0.4, -0.2) is 24.1 Å². The molecule has 2 rings (SSSR count). The van der Waals surface area contributed by atoms with Gasteiger partial charge in [-0.2, -0.15) is 0 Å². The van der Waals surface area contributed by atoms with Crippen LogP contribution in [0, 0.1) is 0 Å². The largest absolute Gasteiger partial charge is 0.466 e. The lowest BCUT2D eigenvalue weighted by molar-refractivity contribution is -0.148. The quantitative estimate of drug-likeness (QED) is 0.748. The van der Waals surface area contributed by atoms with Crippen LogP contribution in [0.2, 0.25) is 0 Å². The fraction of sp³-hybridized carbons (Fsp3) is 0.562. The molecule has 1 atom stereocenters. The summed E-state index contributed by atoms with van der Waals surface area (Å²) in [6.45, 7) is 3.00. The van der Waals surface area contributed by atoms with Crippen molar-refractivity contribution in [3.63, 3.8) is 0 Å². The summed E-state index contributed by atoms with van der Waals surface area (Å²) in [6, 6.07) is 10.3. The molecule has 1 fully saturated rings. The van der Waals surface area contributed by atoms with Crippen molar-refractivity contribution in [1.82, 2.24) is 0 Å². The highest BCUT2D eigenvalue weighted by Crippen LogP contribution is 2.40. The van der Waals surface area contributed by atoms with Crippen molar-refractivity contribution in [1.29, 1.82) is 0 Å². The monoisotopic (exact) mass is 294 g/mol. The van der Waals surface area contributed by atoms with E-state index in [0.29, 0.717) is 13.0 Å². The second-order valence-electron chi connectivity index (χ2n) is 4.97. The highest BCUT2D eigenvalue weighted by molar-refractivity contribution is 7.99. The van der Waals surface area contributed by atoms with Crippen LogP contribution in [0.1, 0.15) is 38.2 Å².